The maximum absolute atomic E-state index is 13.5. The number of hydrogen-bond donors (Lipinski definition) is 1. The van der Waals surface area contributed by atoms with Gasteiger partial charge in [-0.3, -0.25) is 14.4 Å². The first-order valence-corrected chi connectivity index (χ1v) is 13.3. The van der Waals surface area contributed by atoms with Crippen LogP contribution in [0.1, 0.15) is 92.4 Å². The fourth-order valence-corrected chi connectivity index (χ4v) is 10.3. The number of ether oxygens (including phenoxy) is 1. The molecule has 0 aromatic carbocycles. The van der Waals surface area contributed by atoms with Crippen LogP contribution in [0.4, 0.5) is 0 Å². The monoisotopic (exact) mass is 458 g/mol. The molecule has 0 saturated heterocycles. The predicted molar refractivity (Wildman–Crippen MR) is 124 cm³/mol. The molecule has 5 aliphatic rings. The number of carbonyl (C=O) groups excluding carboxylic acids is 3. The van der Waals surface area contributed by atoms with Gasteiger partial charge in [0, 0.05) is 25.2 Å². The molecule has 0 aromatic rings. The summed E-state index contributed by atoms with van der Waals surface area (Å²) in [7, 11) is 0. The first-order chi connectivity index (χ1) is 15.5. The first kappa shape index (κ1) is 23.5. The van der Waals surface area contributed by atoms with Gasteiger partial charge in [0.25, 0.3) is 0 Å². The van der Waals surface area contributed by atoms with Crippen LogP contribution in [0.3, 0.4) is 0 Å². The lowest BCUT2D eigenvalue weighted by atomic mass is 9.45. The average molecular weight is 459 g/mol. The van der Waals surface area contributed by atoms with Crippen molar-refractivity contribution >= 4 is 17.5 Å². The van der Waals surface area contributed by atoms with Gasteiger partial charge < -0.3 is 9.84 Å². The number of fused-ring (bicyclic) bond motifs is 4. The lowest BCUT2D eigenvalue weighted by Gasteiger charge is -2.58. The quantitative estimate of drug-likeness (QED) is 0.582. The molecular weight excluding hydrogens is 416 g/mol. The molecule has 5 saturated carbocycles. The van der Waals surface area contributed by atoms with Crippen LogP contribution < -0.4 is 0 Å². The highest BCUT2D eigenvalue weighted by atomic mass is 16.6. The number of aliphatic hydroxyl groups is 1. The second-order valence-electron chi connectivity index (χ2n) is 13.0. The molecule has 0 unspecified atom stereocenters. The van der Waals surface area contributed by atoms with E-state index in [9.17, 15) is 19.5 Å². The van der Waals surface area contributed by atoms with Crippen molar-refractivity contribution in [3.05, 3.63) is 0 Å². The maximum Gasteiger partial charge on any atom is 0.303 e. The van der Waals surface area contributed by atoms with Crippen LogP contribution in [-0.4, -0.2) is 34.9 Å². The van der Waals surface area contributed by atoms with Crippen molar-refractivity contribution in [3.8, 4) is 0 Å². The molecule has 0 bridgehead atoms. The first-order valence-electron chi connectivity index (χ1n) is 13.3. The fourth-order valence-electron chi connectivity index (χ4n) is 10.3. The second-order valence-corrected chi connectivity index (χ2v) is 13.0. The van der Waals surface area contributed by atoms with Crippen LogP contribution in [0, 0.1) is 51.8 Å². The maximum atomic E-state index is 13.5. The van der Waals surface area contributed by atoms with Crippen LogP contribution in [0.25, 0.3) is 0 Å². The summed E-state index contributed by atoms with van der Waals surface area (Å²) in [5, 5.41) is 10.8. The lowest BCUT2D eigenvalue weighted by molar-refractivity contribution is -0.165. The van der Waals surface area contributed by atoms with E-state index in [4.69, 9.17) is 4.74 Å². The van der Waals surface area contributed by atoms with Crippen molar-refractivity contribution < 1.29 is 24.2 Å². The molecule has 5 nitrogen and oxygen atoms in total. The van der Waals surface area contributed by atoms with Crippen LogP contribution in [0.2, 0.25) is 0 Å². The van der Waals surface area contributed by atoms with E-state index in [-0.39, 0.29) is 34.4 Å². The number of ketones is 2. The van der Waals surface area contributed by atoms with Gasteiger partial charge in [-0.1, -0.05) is 20.8 Å². The van der Waals surface area contributed by atoms with Crippen molar-refractivity contribution in [2.45, 2.75) is 105 Å². The summed E-state index contributed by atoms with van der Waals surface area (Å²) in [5.74, 6) is 2.63. The van der Waals surface area contributed by atoms with Crippen molar-refractivity contribution in [3.63, 3.8) is 0 Å². The number of aliphatic hydroxyl groups excluding tert-OH is 1. The Morgan fingerprint density at radius 2 is 1.82 bits per heavy atom. The third-order valence-electron chi connectivity index (χ3n) is 11.7. The van der Waals surface area contributed by atoms with Crippen molar-refractivity contribution in [2.24, 2.45) is 51.8 Å². The van der Waals surface area contributed by atoms with Gasteiger partial charge in [0.15, 0.2) is 0 Å². The summed E-state index contributed by atoms with van der Waals surface area (Å²) < 4.78 is 5.63. The highest BCUT2D eigenvalue weighted by Crippen LogP contribution is 2.80. The SMILES string of the molecule is CC(=O)C[C@H](O)[C@H](OC(C)=O)[C@@H](C)[C@H]1CC[C@H]2[C@@H]3CC(=O)[C@]45C[C@H]4CC[C@]5(C)[C@H]3CC[C@]12C. The molecule has 5 fully saturated rings. The minimum absolute atomic E-state index is 0.00988. The molecule has 0 aromatic heterocycles. The summed E-state index contributed by atoms with van der Waals surface area (Å²) in [6.07, 6.45) is 7.23. The van der Waals surface area contributed by atoms with Crippen molar-refractivity contribution in [1.82, 2.24) is 0 Å². The molecule has 33 heavy (non-hydrogen) atoms. The van der Waals surface area contributed by atoms with E-state index in [2.05, 4.69) is 20.8 Å². The van der Waals surface area contributed by atoms with E-state index in [1.165, 1.54) is 33.1 Å². The summed E-state index contributed by atoms with van der Waals surface area (Å²) in [4.78, 5) is 37.1. The Bertz CT molecular complexity index is 866. The normalized spacial score (nSPS) is 48.1. The Labute approximate surface area is 198 Å². The topological polar surface area (TPSA) is 80.7 Å². The van der Waals surface area contributed by atoms with Crippen LogP contribution in [0.5, 0.6) is 0 Å². The molecule has 11 atom stereocenters. The molecule has 5 rings (SSSR count). The summed E-state index contributed by atoms with van der Waals surface area (Å²) >= 11 is 0. The highest BCUT2D eigenvalue weighted by molar-refractivity contribution is 5.91. The highest BCUT2D eigenvalue weighted by Gasteiger charge is 2.77. The van der Waals surface area contributed by atoms with Crippen molar-refractivity contribution in [1.29, 1.82) is 0 Å². The van der Waals surface area contributed by atoms with Gasteiger partial charge in [-0.25, -0.2) is 0 Å². The minimum atomic E-state index is -0.972. The Morgan fingerprint density at radius 3 is 2.45 bits per heavy atom. The summed E-state index contributed by atoms with van der Waals surface area (Å²) in [6.45, 7) is 9.78. The standard InChI is InChI=1S/C28H42O5/c1-15(29)12-23(31)25(33-17(3)30)16(2)20-6-7-21-19-13-24(32)28-14-18(28)8-11-27(28,5)22(19)9-10-26(20,21)4/h16,18-23,25,31H,6-14H2,1-5H3/t16-,18+,19-,20+,21-,22-,23-,25+,26+,27+,28-/m0/s1. The molecule has 0 radical (unpaired) electrons. The van der Waals surface area contributed by atoms with E-state index in [1.807, 2.05) is 0 Å². The Morgan fingerprint density at radius 1 is 1.09 bits per heavy atom. The minimum Gasteiger partial charge on any atom is -0.459 e. The molecule has 1 spiro atoms. The fraction of sp³-hybridized carbons (Fsp3) is 0.893. The summed E-state index contributed by atoms with van der Waals surface area (Å²) in [6, 6.07) is 0. The molecule has 1 N–H and O–H groups in total. The van der Waals surface area contributed by atoms with E-state index >= 15 is 0 Å². The molecule has 0 amide bonds. The van der Waals surface area contributed by atoms with Gasteiger partial charge in [-0.05, 0) is 98.2 Å². The van der Waals surface area contributed by atoms with Gasteiger partial charge in [-0.2, -0.15) is 0 Å². The Kier molecular flexibility index (Phi) is 5.44. The predicted octanol–water partition coefficient (Wildman–Crippen LogP) is 4.73. The van der Waals surface area contributed by atoms with Gasteiger partial charge in [-0.15, -0.1) is 0 Å². The number of Topliss-reactive ketones (excluding diaryl/α,β-unsaturated/α-hetero) is 2. The number of hydrogen-bond acceptors (Lipinski definition) is 5. The largest absolute Gasteiger partial charge is 0.459 e. The van der Waals surface area contributed by atoms with Crippen LogP contribution in [0.15, 0.2) is 0 Å². The van der Waals surface area contributed by atoms with Crippen molar-refractivity contribution in [2.75, 3.05) is 0 Å². The molecular formula is C28H42O5. The van der Waals surface area contributed by atoms with Gasteiger partial charge >= 0.3 is 5.97 Å². The van der Waals surface area contributed by atoms with E-state index in [0.29, 0.717) is 35.4 Å². The Balaban J connectivity index is 1.40. The zero-order chi connectivity index (χ0) is 23.9. The lowest BCUT2D eigenvalue weighted by Crippen LogP contribution is -2.55. The molecule has 5 heteroatoms. The molecule has 0 aliphatic heterocycles. The van der Waals surface area contributed by atoms with Gasteiger partial charge in [0.1, 0.15) is 17.7 Å². The molecule has 0 heterocycles. The number of esters is 1. The third-order valence-corrected chi connectivity index (χ3v) is 11.7. The van der Waals surface area contributed by atoms with Gasteiger partial charge in [0.2, 0.25) is 0 Å². The van der Waals surface area contributed by atoms with Crippen LogP contribution in [-0.2, 0) is 19.1 Å². The molecule has 5 aliphatic carbocycles. The van der Waals surface area contributed by atoms with Crippen LogP contribution >= 0.6 is 0 Å². The average Bonchev–Trinajstić information content (AvgIpc) is 3.25. The zero-order valence-corrected chi connectivity index (χ0v) is 21.1. The van der Waals surface area contributed by atoms with E-state index in [1.54, 1.807) is 0 Å². The Hall–Kier alpha value is -1.23. The molecule has 184 valence electrons. The zero-order valence-electron chi connectivity index (χ0n) is 21.1. The summed E-state index contributed by atoms with van der Waals surface area (Å²) in [5.41, 5.74) is 0.294. The number of rotatable bonds is 6. The van der Waals surface area contributed by atoms with E-state index in [0.717, 1.165) is 32.1 Å². The third kappa shape index (κ3) is 3.16. The van der Waals surface area contributed by atoms with Gasteiger partial charge in [0.05, 0.1) is 6.10 Å². The smallest absolute Gasteiger partial charge is 0.303 e. The number of carbonyl (C=O) groups is 3. The van der Waals surface area contributed by atoms with E-state index < -0.39 is 18.2 Å². The second kappa shape index (κ2) is 7.63.